The number of amides is 4. The molecule has 2 heterocycles. The summed E-state index contributed by atoms with van der Waals surface area (Å²) in [7, 11) is 2.04. The molecule has 1 fully saturated rings. The molecule has 1 saturated heterocycles. The van der Waals surface area contributed by atoms with Gasteiger partial charge in [0.1, 0.15) is 5.57 Å². The average molecular weight is 484 g/mol. The number of halogens is 2. The fraction of sp³-hybridized carbons (Fsp3) is 0.240. The van der Waals surface area contributed by atoms with Crippen LogP contribution in [0.4, 0.5) is 16.2 Å². The van der Waals surface area contributed by atoms with Crippen molar-refractivity contribution in [1.82, 2.24) is 5.32 Å². The van der Waals surface area contributed by atoms with Crippen LogP contribution in [0.1, 0.15) is 37.5 Å². The summed E-state index contributed by atoms with van der Waals surface area (Å²) in [5.74, 6) is -1.51. The summed E-state index contributed by atoms with van der Waals surface area (Å²) in [5, 5.41) is 2.71. The van der Waals surface area contributed by atoms with E-state index in [1.807, 2.05) is 33.0 Å². The monoisotopic (exact) mass is 483 g/mol. The summed E-state index contributed by atoms with van der Waals surface area (Å²) in [6, 6.07) is 7.56. The predicted octanol–water partition coefficient (Wildman–Crippen LogP) is 5.60. The third kappa shape index (κ3) is 3.94. The molecule has 0 radical (unpaired) electrons. The van der Waals surface area contributed by atoms with Crippen molar-refractivity contribution >= 4 is 64.1 Å². The molecule has 8 heteroatoms. The van der Waals surface area contributed by atoms with Crippen molar-refractivity contribution in [3.8, 4) is 0 Å². The molecule has 2 aliphatic rings. The molecule has 0 saturated carbocycles. The van der Waals surface area contributed by atoms with Crippen LogP contribution >= 0.6 is 23.2 Å². The molecule has 4 rings (SSSR count). The van der Waals surface area contributed by atoms with Crippen LogP contribution in [0.5, 0.6) is 0 Å². The number of imide groups is 2. The number of barbiturate groups is 1. The molecule has 0 bridgehead atoms. The van der Waals surface area contributed by atoms with Gasteiger partial charge in [0.25, 0.3) is 11.8 Å². The number of hydrogen-bond acceptors (Lipinski definition) is 4. The Labute approximate surface area is 202 Å². The highest BCUT2D eigenvalue weighted by Crippen LogP contribution is 2.40. The third-order valence-corrected chi connectivity index (χ3v) is 6.69. The minimum Gasteiger partial charge on any atom is -0.365 e. The fourth-order valence-corrected chi connectivity index (χ4v) is 4.66. The second-order valence-corrected chi connectivity index (χ2v) is 9.66. The number of nitrogens with one attached hydrogen (secondary N) is 1. The molecule has 2 aromatic rings. The highest BCUT2D eigenvalue weighted by molar-refractivity contribution is 6.42. The predicted molar refractivity (Wildman–Crippen MR) is 133 cm³/mol. The van der Waals surface area contributed by atoms with Crippen LogP contribution < -0.4 is 15.1 Å². The number of fused-ring (bicyclic) bond motifs is 1. The summed E-state index contributed by atoms with van der Waals surface area (Å²) in [6.07, 6.45) is 3.70. The standard InChI is InChI=1S/C25H23Cl2N3O3/c1-13-8-21-17(14(2)12-25(3,4)29(21)5)9-15(13)10-18-22(31)28-24(33)30(23(18)32)20-7-6-16(26)11-19(20)27/h6-12H,1-5H3,(H,28,31,33)/b18-10+. The molecule has 0 atom stereocenters. The van der Waals surface area contributed by atoms with Gasteiger partial charge in [0, 0.05) is 23.3 Å². The van der Waals surface area contributed by atoms with Gasteiger partial charge in [-0.05, 0) is 80.8 Å². The number of hydrogen-bond donors (Lipinski definition) is 1. The van der Waals surface area contributed by atoms with E-state index in [0.717, 1.165) is 27.3 Å². The molecule has 2 aromatic carbocycles. The van der Waals surface area contributed by atoms with Crippen LogP contribution in [-0.4, -0.2) is 30.4 Å². The second kappa shape index (κ2) is 8.04. The minimum absolute atomic E-state index is 0.121. The van der Waals surface area contributed by atoms with Crippen molar-refractivity contribution in [2.45, 2.75) is 33.2 Å². The number of aryl methyl sites for hydroxylation is 1. The number of likely N-dealkylation sites (N-methyl/N-ethyl adjacent to an activating group) is 1. The Kier molecular flexibility index (Phi) is 5.63. The van der Waals surface area contributed by atoms with Crippen LogP contribution in [-0.2, 0) is 9.59 Å². The van der Waals surface area contributed by atoms with Crippen molar-refractivity contribution in [2.24, 2.45) is 0 Å². The third-order valence-electron chi connectivity index (χ3n) is 6.16. The normalized spacial score (nSPS) is 18.9. The zero-order valence-corrected chi connectivity index (χ0v) is 20.4. The first-order chi connectivity index (χ1) is 15.4. The first-order valence-electron chi connectivity index (χ1n) is 10.4. The smallest absolute Gasteiger partial charge is 0.335 e. The molecule has 6 nitrogen and oxygen atoms in total. The van der Waals surface area contributed by atoms with Gasteiger partial charge in [0.15, 0.2) is 0 Å². The molecule has 170 valence electrons. The van der Waals surface area contributed by atoms with E-state index in [0.29, 0.717) is 10.6 Å². The highest BCUT2D eigenvalue weighted by atomic mass is 35.5. The van der Waals surface area contributed by atoms with Crippen LogP contribution in [0.3, 0.4) is 0 Å². The van der Waals surface area contributed by atoms with Crippen molar-refractivity contribution in [3.63, 3.8) is 0 Å². The maximum atomic E-state index is 13.3. The Bertz CT molecular complexity index is 1290. The van der Waals surface area contributed by atoms with Crippen LogP contribution in [0, 0.1) is 6.92 Å². The van der Waals surface area contributed by atoms with Gasteiger partial charge in [-0.2, -0.15) is 0 Å². The molecular weight excluding hydrogens is 461 g/mol. The molecule has 4 amide bonds. The van der Waals surface area contributed by atoms with E-state index in [1.54, 1.807) is 0 Å². The Balaban J connectivity index is 1.80. The zero-order chi connectivity index (χ0) is 24.2. The number of carbonyl (C=O) groups excluding carboxylic acids is 3. The molecular formula is C25H23Cl2N3O3. The number of carbonyl (C=O) groups is 3. The van der Waals surface area contributed by atoms with E-state index < -0.39 is 17.8 Å². The average Bonchev–Trinajstić information content (AvgIpc) is 2.71. The van der Waals surface area contributed by atoms with E-state index in [9.17, 15) is 14.4 Å². The number of benzene rings is 2. The quantitative estimate of drug-likeness (QED) is 0.445. The highest BCUT2D eigenvalue weighted by Gasteiger charge is 2.38. The molecule has 1 N–H and O–H groups in total. The lowest BCUT2D eigenvalue weighted by atomic mass is 9.87. The number of nitrogens with zero attached hydrogens (tertiary/aromatic N) is 2. The summed E-state index contributed by atoms with van der Waals surface area (Å²) in [5.41, 5.74) is 4.66. The maximum absolute atomic E-state index is 13.3. The molecule has 0 aromatic heterocycles. The molecule has 0 aliphatic carbocycles. The van der Waals surface area contributed by atoms with Gasteiger partial charge < -0.3 is 4.90 Å². The summed E-state index contributed by atoms with van der Waals surface area (Å²) >= 11 is 12.2. The fourth-order valence-electron chi connectivity index (χ4n) is 4.17. The van der Waals surface area contributed by atoms with E-state index in [4.69, 9.17) is 23.2 Å². The van der Waals surface area contributed by atoms with Crippen LogP contribution in [0.25, 0.3) is 11.6 Å². The number of rotatable bonds is 2. The minimum atomic E-state index is -0.865. The molecule has 0 spiro atoms. The van der Waals surface area contributed by atoms with E-state index in [2.05, 4.69) is 30.1 Å². The first-order valence-corrected chi connectivity index (χ1v) is 11.1. The lowest BCUT2D eigenvalue weighted by Crippen LogP contribution is -2.54. The lowest BCUT2D eigenvalue weighted by molar-refractivity contribution is -0.122. The van der Waals surface area contributed by atoms with Gasteiger partial charge >= 0.3 is 6.03 Å². The van der Waals surface area contributed by atoms with Gasteiger partial charge in [-0.15, -0.1) is 0 Å². The van der Waals surface area contributed by atoms with Crippen molar-refractivity contribution in [3.05, 3.63) is 68.7 Å². The maximum Gasteiger partial charge on any atom is 0.335 e. The Morgan fingerprint density at radius 1 is 1.00 bits per heavy atom. The van der Waals surface area contributed by atoms with E-state index in [-0.39, 0.29) is 21.8 Å². The molecule has 2 aliphatic heterocycles. The van der Waals surface area contributed by atoms with E-state index >= 15 is 0 Å². The largest absolute Gasteiger partial charge is 0.365 e. The summed E-state index contributed by atoms with van der Waals surface area (Å²) in [4.78, 5) is 41.4. The SMILES string of the molecule is CC1=CC(C)(C)N(C)c2cc(C)c(/C=C3\C(=O)NC(=O)N(c4ccc(Cl)cc4Cl)C3=O)cc21. The summed E-state index contributed by atoms with van der Waals surface area (Å²) < 4.78 is 0. The van der Waals surface area contributed by atoms with Gasteiger partial charge in [0.2, 0.25) is 0 Å². The van der Waals surface area contributed by atoms with Gasteiger partial charge in [0.05, 0.1) is 16.2 Å². The zero-order valence-electron chi connectivity index (χ0n) is 18.9. The lowest BCUT2D eigenvalue weighted by Gasteiger charge is -2.41. The number of anilines is 2. The van der Waals surface area contributed by atoms with Crippen molar-refractivity contribution in [2.75, 3.05) is 16.8 Å². The van der Waals surface area contributed by atoms with Gasteiger partial charge in [-0.1, -0.05) is 29.3 Å². The Morgan fingerprint density at radius 2 is 1.70 bits per heavy atom. The van der Waals surface area contributed by atoms with Crippen LogP contribution in [0.2, 0.25) is 10.0 Å². The topological polar surface area (TPSA) is 69.7 Å². The Hall–Kier alpha value is -3.09. The first kappa shape index (κ1) is 23.1. The second-order valence-electron chi connectivity index (χ2n) is 8.82. The number of urea groups is 1. The Morgan fingerprint density at radius 3 is 2.36 bits per heavy atom. The van der Waals surface area contributed by atoms with Crippen molar-refractivity contribution in [1.29, 1.82) is 0 Å². The van der Waals surface area contributed by atoms with Gasteiger partial charge in [-0.25, -0.2) is 9.69 Å². The summed E-state index contributed by atoms with van der Waals surface area (Å²) in [6.45, 7) is 8.25. The van der Waals surface area contributed by atoms with Crippen molar-refractivity contribution < 1.29 is 14.4 Å². The van der Waals surface area contributed by atoms with Crippen LogP contribution in [0.15, 0.2) is 42.0 Å². The van der Waals surface area contributed by atoms with Gasteiger partial charge in [-0.3, -0.25) is 14.9 Å². The number of allylic oxidation sites excluding steroid dienone is 1. The molecule has 0 unspecified atom stereocenters. The molecule has 33 heavy (non-hydrogen) atoms. The van der Waals surface area contributed by atoms with E-state index in [1.165, 1.54) is 24.3 Å².